The van der Waals surface area contributed by atoms with Gasteiger partial charge in [0, 0.05) is 32.7 Å². The van der Waals surface area contributed by atoms with Crippen LogP contribution in [0.3, 0.4) is 0 Å². The second-order valence-electron chi connectivity index (χ2n) is 12.8. The molecule has 0 fully saturated rings. The Hall–Kier alpha value is -6.38. The summed E-state index contributed by atoms with van der Waals surface area (Å²) in [5.74, 6) is 0. The van der Waals surface area contributed by atoms with E-state index >= 15 is 0 Å². The fourth-order valence-electron chi connectivity index (χ4n) is 8.10. The first kappa shape index (κ1) is 25.8. The van der Waals surface area contributed by atoms with Crippen molar-refractivity contribution in [2.45, 2.75) is 0 Å². The monoisotopic (exact) mass is 610 g/mol. The molecule has 0 saturated heterocycles. The molecule has 9 aromatic carbocycles. The number of hydrogen-bond donors (Lipinski definition) is 0. The lowest BCUT2D eigenvalue weighted by atomic mass is 9.85. The number of benzene rings is 9. The van der Waals surface area contributed by atoms with E-state index in [-0.39, 0.29) is 0 Å². The van der Waals surface area contributed by atoms with Gasteiger partial charge in [-0.15, -0.1) is 0 Å². The summed E-state index contributed by atoms with van der Waals surface area (Å²) in [6.45, 7) is 0. The standard InChI is InChI=1S/C46H26O2/c1-2-13-29-25-30(22-21-27(29)11-1)41-32-15-5-7-17-34(32)42(35-18-8-6-16-33(35)41)39-26-38-36-24-23-28-12-3-4-14-31(28)44(36)48-45(38)43-37-19-9-10-20-40(37)47-46(39)43/h1-26H. The van der Waals surface area contributed by atoms with Crippen LogP contribution in [0.2, 0.25) is 0 Å². The van der Waals surface area contributed by atoms with Crippen molar-refractivity contribution in [3.8, 4) is 22.3 Å². The van der Waals surface area contributed by atoms with E-state index in [9.17, 15) is 0 Å². The predicted octanol–water partition coefficient (Wildman–Crippen LogP) is 13.4. The minimum absolute atomic E-state index is 0.848. The molecule has 0 atom stereocenters. The van der Waals surface area contributed by atoms with E-state index in [1.165, 1.54) is 54.4 Å². The second-order valence-corrected chi connectivity index (χ2v) is 12.8. The van der Waals surface area contributed by atoms with Gasteiger partial charge in [0.05, 0.1) is 5.39 Å². The topological polar surface area (TPSA) is 26.3 Å². The maximum atomic E-state index is 6.86. The largest absolute Gasteiger partial charge is 0.455 e. The van der Waals surface area contributed by atoms with Crippen molar-refractivity contribution < 1.29 is 8.83 Å². The summed E-state index contributed by atoms with van der Waals surface area (Å²) in [4.78, 5) is 0. The molecule has 0 aliphatic carbocycles. The minimum atomic E-state index is 0.848. The van der Waals surface area contributed by atoms with Crippen molar-refractivity contribution in [1.82, 2.24) is 0 Å². The lowest BCUT2D eigenvalue weighted by Gasteiger charge is -2.18. The van der Waals surface area contributed by atoms with E-state index in [4.69, 9.17) is 8.83 Å². The Morgan fingerprint density at radius 2 is 0.896 bits per heavy atom. The molecule has 2 nitrogen and oxygen atoms in total. The van der Waals surface area contributed by atoms with Gasteiger partial charge in [0.1, 0.15) is 22.3 Å². The van der Waals surface area contributed by atoms with Crippen LogP contribution < -0.4 is 0 Å². The van der Waals surface area contributed by atoms with Crippen LogP contribution >= 0.6 is 0 Å². The van der Waals surface area contributed by atoms with Crippen LogP contribution in [-0.4, -0.2) is 0 Å². The van der Waals surface area contributed by atoms with Gasteiger partial charge in [0.2, 0.25) is 0 Å². The van der Waals surface area contributed by atoms with E-state index in [1.807, 2.05) is 6.07 Å². The molecule has 11 rings (SSSR count). The van der Waals surface area contributed by atoms with Crippen molar-refractivity contribution in [2.24, 2.45) is 0 Å². The number of furan rings is 2. The molecule has 0 unspecified atom stereocenters. The molecule has 0 aliphatic rings. The second kappa shape index (κ2) is 9.57. The average molecular weight is 611 g/mol. The summed E-state index contributed by atoms with van der Waals surface area (Å²) in [5.41, 5.74) is 8.19. The number of rotatable bonds is 2. The number of fused-ring (bicyclic) bond motifs is 12. The summed E-state index contributed by atoms with van der Waals surface area (Å²) >= 11 is 0. The molecular formula is C46H26O2. The maximum absolute atomic E-state index is 6.86. The first-order valence-corrected chi connectivity index (χ1v) is 16.4. The first-order valence-electron chi connectivity index (χ1n) is 16.4. The van der Waals surface area contributed by atoms with Gasteiger partial charge in [-0.1, -0.05) is 133 Å². The van der Waals surface area contributed by atoms with Crippen LogP contribution in [-0.2, 0) is 0 Å². The van der Waals surface area contributed by atoms with E-state index < -0.39 is 0 Å². The zero-order chi connectivity index (χ0) is 31.3. The molecule has 0 saturated carbocycles. The summed E-state index contributed by atoms with van der Waals surface area (Å²) in [6.07, 6.45) is 0. The van der Waals surface area contributed by atoms with E-state index in [0.717, 1.165) is 54.8 Å². The lowest BCUT2D eigenvalue weighted by molar-refractivity contribution is 0.665. The summed E-state index contributed by atoms with van der Waals surface area (Å²) in [7, 11) is 0. The van der Waals surface area contributed by atoms with Crippen molar-refractivity contribution in [2.75, 3.05) is 0 Å². The van der Waals surface area contributed by atoms with Crippen LogP contribution in [0.1, 0.15) is 0 Å². The molecule has 2 heterocycles. The fraction of sp³-hybridized carbons (Fsp3) is 0. The third-order valence-electron chi connectivity index (χ3n) is 10.2. The zero-order valence-corrected chi connectivity index (χ0v) is 25.8. The molecule has 0 aliphatic heterocycles. The number of hydrogen-bond acceptors (Lipinski definition) is 2. The SMILES string of the molecule is c1ccc2cc(-c3c4ccccc4c(-c4cc5c6ccc7ccccc7c6oc5c5c4oc4ccccc45)c4ccccc34)ccc2c1. The van der Waals surface area contributed by atoms with Gasteiger partial charge in [0.15, 0.2) is 0 Å². The van der Waals surface area contributed by atoms with Crippen LogP contribution in [0.15, 0.2) is 167 Å². The smallest absolute Gasteiger partial charge is 0.147 e. The molecule has 2 heteroatoms. The van der Waals surface area contributed by atoms with Gasteiger partial charge in [-0.3, -0.25) is 0 Å². The van der Waals surface area contributed by atoms with Crippen LogP contribution in [0.25, 0.3) is 109 Å². The van der Waals surface area contributed by atoms with Gasteiger partial charge in [0.25, 0.3) is 0 Å². The van der Waals surface area contributed by atoms with E-state index in [1.54, 1.807) is 0 Å². The highest BCUT2D eigenvalue weighted by atomic mass is 16.3. The van der Waals surface area contributed by atoms with Crippen LogP contribution in [0.4, 0.5) is 0 Å². The Morgan fingerprint density at radius 1 is 0.312 bits per heavy atom. The molecule has 48 heavy (non-hydrogen) atoms. The number of para-hydroxylation sites is 1. The molecular weight excluding hydrogens is 585 g/mol. The molecule has 0 spiro atoms. The van der Waals surface area contributed by atoms with E-state index in [2.05, 4.69) is 152 Å². The maximum Gasteiger partial charge on any atom is 0.147 e. The Morgan fingerprint density at radius 3 is 1.65 bits per heavy atom. The highest BCUT2D eigenvalue weighted by molar-refractivity contribution is 6.30. The molecule has 0 N–H and O–H groups in total. The molecule has 11 aromatic rings. The molecule has 0 amide bonds. The lowest BCUT2D eigenvalue weighted by Crippen LogP contribution is -1.91. The van der Waals surface area contributed by atoms with E-state index in [0.29, 0.717) is 0 Å². The van der Waals surface area contributed by atoms with Gasteiger partial charge < -0.3 is 8.83 Å². The molecule has 0 radical (unpaired) electrons. The van der Waals surface area contributed by atoms with Crippen molar-refractivity contribution >= 4 is 87.0 Å². The van der Waals surface area contributed by atoms with Crippen molar-refractivity contribution in [1.29, 1.82) is 0 Å². The average Bonchev–Trinajstić information content (AvgIpc) is 3.72. The fourth-order valence-corrected chi connectivity index (χ4v) is 8.10. The van der Waals surface area contributed by atoms with Gasteiger partial charge >= 0.3 is 0 Å². The molecule has 222 valence electrons. The highest BCUT2D eigenvalue weighted by Gasteiger charge is 2.24. The normalized spacial score (nSPS) is 12.2. The Bertz CT molecular complexity index is 3060. The van der Waals surface area contributed by atoms with Crippen LogP contribution in [0.5, 0.6) is 0 Å². The minimum Gasteiger partial charge on any atom is -0.455 e. The summed E-state index contributed by atoms with van der Waals surface area (Å²) in [6, 6.07) is 56.6. The summed E-state index contributed by atoms with van der Waals surface area (Å²) < 4.78 is 13.7. The quantitative estimate of drug-likeness (QED) is 0.182. The third-order valence-corrected chi connectivity index (χ3v) is 10.2. The van der Waals surface area contributed by atoms with Crippen molar-refractivity contribution in [3.05, 3.63) is 158 Å². The third kappa shape index (κ3) is 3.46. The van der Waals surface area contributed by atoms with Crippen molar-refractivity contribution in [3.63, 3.8) is 0 Å². The Kier molecular flexibility index (Phi) is 5.14. The molecule has 0 bridgehead atoms. The van der Waals surface area contributed by atoms with Gasteiger partial charge in [-0.2, -0.15) is 0 Å². The first-order chi connectivity index (χ1) is 23.8. The highest BCUT2D eigenvalue weighted by Crippen LogP contribution is 2.50. The van der Waals surface area contributed by atoms with Gasteiger partial charge in [-0.05, 0) is 73.1 Å². The zero-order valence-electron chi connectivity index (χ0n) is 25.8. The predicted molar refractivity (Wildman–Crippen MR) is 202 cm³/mol. The summed E-state index contributed by atoms with van der Waals surface area (Å²) in [5, 5.41) is 13.9. The van der Waals surface area contributed by atoms with Crippen LogP contribution in [0, 0.1) is 0 Å². The van der Waals surface area contributed by atoms with Gasteiger partial charge in [-0.25, -0.2) is 0 Å². The molecule has 2 aromatic heterocycles. The Labute approximate surface area is 275 Å². The Balaban J connectivity index is 1.33.